The molecule has 0 aromatic heterocycles. The highest BCUT2D eigenvalue weighted by Gasteiger charge is 2.33. The Labute approximate surface area is 87.6 Å². The van der Waals surface area contributed by atoms with E-state index in [0.29, 0.717) is 0 Å². The summed E-state index contributed by atoms with van der Waals surface area (Å²) in [7, 11) is 0. The van der Waals surface area contributed by atoms with Gasteiger partial charge in [0.25, 0.3) is 0 Å². The molecule has 2 unspecified atom stereocenters. The summed E-state index contributed by atoms with van der Waals surface area (Å²) in [5.74, 6) is -1.25. The maximum absolute atomic E-state index is 11.5. The van der Waals surface area contributed by atoms with Crippen molar-refractivity contribution in [2.24, 2.45) is 11.7 Å². The van der Waals surface area contributed by atoms with Crippen LogP contribution in [0.25, 0.3) is 0 Å². The Balaban J connectivity index is 2.52. The molecule has 4 N–H and O–H groups in total. The smallest absolute Gasteiger partial charge is 0.249 e. The monoisotopic (exact) mass is 213 g/mol. The first-order valence-corrected chi connectivity index (χ1v) is 4.81. The number of hydrogen-bond acceptors (Lipinski definition) is 4. The molecule has 0 aromatic rings. The molecular weight excluding hydrogens is 198 g/mol. The molecule has 84 valence electrons. The van der Waals surface area contributed by atoms with Crippen LogP contribution in [-0.2, 0) is 14.4 Å². The van der Waals surface area contributed by atoms with E-state index in [9.17, 15) is 14.4 Å². The van der Waals surface area contributed by atoms with Crippen LogP contribution in [0.2, 0.25) is 0 Å². The maximum atomic E-state index is 11.5. The van der Waals surface area contributed by atoms with E-state index in [1.165, 1.54) is 0 Å². The van der Waals surface area contributed by atoms with E-state index in [1.54, 1.807) is 0 Å². The molecule has 0 aromatic carbocycles. The predicted octanol–water partition coefficient (Wildman–Crippen LogP) is -1.50. The van der Waals surface area contributed by atoms with E-state index >= 15 is 0 Å². The minimum Gasteiger partial charge on any atom is -0.342 e. The molecule has 15 heavy (non-hydrogen) atoms. The molecule has 1 rings (SSSR count). The number of carbonyl (C=O) groups is 3. The molecule has 1 aliphatic rings. The van der Waals surface area contributed by atoms with Crippen molar-refractivity contribution in [2.75, 3.05) is 0 Å². The number of hydrogen-bond donors (Lipinski definition) is 3. The van der Waals surface area contributed by atoms with Crippen LogP contribution in [0, 0.1) is 5.92 Å². The van der Waals surface area contributed by atoms with E-state index in [2.05, 4.69) is 10.6 Å². The summed E-state index contributed by atoms with van der Waals surface area (Å²) in [6, 6.07) is -1.43. The molecule has 0 radical (unpaired) electrons. The van der Waals surface area contributed by atoms with E-state index in [0.717, 1.165) is 0 Å². The largest absolute Gasteiger partial charge is 0.342 e. The summed E-state index contributed by atoms with van der Waals surface area (Å²) in [6.07, 6.45) is -0.00457. The maximum Gasteiger partial charge on any atom is 0.249 e. The van der Waals surface area contributed by atoms with Crippen molar-refractivity contribution in [2.45, 2.75) is 32.4 Å². The van der Waals surface area contributed by atoms with Crippen molar-refractivity contribution in [3.63, 3.8) is 0 Å². The Morgan fingerprint density at radius 1 is 1.53 bits per heavy atom. The standard InChI is InChI=1S/C9H15N3O3/c1-4(2)7(10)9(15)11-5-3-6(13)12-8(5)14/h4-5,7H,3,10H2,1-2H3,(H,11,15)(H,12,13,14). The number of amides is 3. The highest BCUT2D eigenvalue weighted by molar-refractivity contribution is 6.07. The van der Waals surface area contributed by atoms with Crippen molar-refractivity contribution >= 4 is 17.7 Å². The lowest BCUT2D eigenvalue weighted by Crippen LogP contribution is -2.49. The lowest BCUT2D eigenvalue weighted by Gasteiger charge is -2.17. The summed E-state index contributed by atoms with van der Waals surface area (Å²) < 4.78 is 0. The van der Waals surface area contributed by atoms with Crippen LogP contribution >= 0.6 is 0 Å². The number of rotatable bonds is 3. The van der Waals surface area contributed by atoms with Gasteiger partial charge in [0.15, 0.2) is 0 Å². The quantitative estimate of drug-likeness (QED) is 0.497. The van der Waals surface area contributed by atoms with Gasteiger partial charge in [0.05, 0.1) is 12.5 Å². The third-order valence-corrected chi connectivity index (χ3v) is 2.31. The molecule has 0 bridgehead atoms. The fourth-order valence-electron chi connectivity index (χ4n) is 1.24. The molecular formula is C9H15N3O3. The van der Waals surface area contributed by atoms with Crippen LogP contribution in [0.4, 0.5) is 0 Å². The zero-order valence-corrected chi connectivity index (χ0v) is 8.74. The Hall–Kier alpha value is -1.43. The van der Waals surface area contributed by atoms with E-state index in [4.69, 9.17) is 5.73 Å². The average molecular weight is 213 g/mol. The van der Waals surface area contributed by atoms with E-state index in [1.807, 2.05) is 13.8 Å². The molecule has 0 aliphatic carbocycles. The number of nitrogens with two attached hydrogens (primary N) is 1. The summed E-state index contributed by atoms with van der Waals surface area (Å²) in [4.78, 5) is 33.4. The predicted molar refractivity (Wildman–Crippen MR) is 52.5 cm³/mol. The first-order chi connectivity index (χ1) is 6.91. The SMILES string of the molecule is CC(C)C(N)C(=O)NC1CC(=O)NC1=O. The van der Waals surface area contributed by atoms with Gasteiger partial charge in [0.2, 0.25) is 17.7 Å². The van der Waals surface area contributed by atoms with Crippen molar-refractivity contribution < 1.29 is 14.4 Å². The van der Waals surface area contributed by atoms with Gasteiger partial charge in [-0.3, -0.25) is 19.7 Å². The molecule has 6 heteroatoms. The van der Waals surface area contributed by atoms with Crippen molar-refractivity contribution in [1.82, 2.24) is 10.6 Å². The molecule has 1 fully saturated rings. The van der Waals surface area contributed by atoms with Gasteiger partial charge in [-0.1, -0.05) is 13.8 Å². The normalized spacial score (nSPS) is 22.8. The average Bonchev–Trinajstić information content (AvgIpc) is 2.43. The van der Waals surface area contributed by atoms with Gasteiger partial charge in [-0.25, -0.2) is 0 Å². The number of imide groups is 1. The van der Waals surface area contributed by atoms with Crippen molar-refractivity contribution in [3.8, 4) is 0 Å². The Bertz CT molecular complexity index is 301. The molecule has 6 nitrogen and oxygen atoms in total. The second-order valence-electron chi connectivity index (χ2n) is 3.95. The molecule has 2 atom stereocenters. The van der Waals surface area contributed by atoms with Crippen LogP contribution in [-0.4, -0.2) is 29.8 Å². The minimum atomic E-state index is -0.769. The van der Waals surface area contributed by atoms with Crippen molar-refractivity contribution in [1.29, 1.82) is 0 Å². The van der Waals surface area contributed by atoms with Gasteiger partial charge >= 0.3 is 0 Å². The van der Waals surface area contributed by atoms with Gasteiger partial charge in [-0.2, -0.15) is 0 Å². The second-order valence-corrected chi connectivity index (χ2v) is 3.95. The summed E-state index contributed by atoms with van der Waals surface area (Å²) >= 11 is 0. The molecule has 1 saturated heterocycles. The molecule has 0 spiro atoms. The van der Waals surface area contributed by atoms with E-state index in [-0.39, 0.29) is 18.2 Å². The summed E-state index contributed by atoms with van der Waals surface area (Å²) in [5.41, 5.74) is 5.59. The highest BCUT2D eigenvalue weighted by atomic mass is 16.2. The molecule has 1 heterocycles. The van der Waals surface area contributed by atoms with Crippen LogP contribution < -0.4 is 16.4 Å². The van der Waals surface area contributed by atoms with Gasteiger partial charge < -0.3 is 11.1 Å². The first kappa shape index (κ1) is 11.6. The third-order valence-electron chi connectivity index (χ3n) is 2.31. The van der Waals surface area contributed by atoms with Gasteiger partial charge in [0, 0.05) is 0 Å². The Kier molecular flexibility index (Phi) is 3.41. The minimum absolute atomic E-state index is 0.00457. The molecule has 3 amide bonds. The fourth-order valence-corrected chi connectivity index (χ4v) is 1.24. The lowest BCUT2D eigenvalue weighted by atomic mass is 10.0. The van der Waals surface area contributed by atoms with Crippen LogP contribution in [0.15, 0.2) is 0 Å². The first-order valence-electron chi connectivity index (χ1n) is 4.81. The summed E-state index contributed by atoms with van der Waals surface area (Å²) in [6.45, 7) is 3.62. The third kappa shape index (κ3) is 2.76. The number of nitrogens with one attached hydrogen (secondary N) is 2. The number of carbonyl (C=O) groups excluding carboxylic acids is 3. The Morgan fingerprint density at radius 2 is 2.13 bits per heavy atom. The van der Waals surface area contributed by atoms with Gasteiger partial charge in [-0.05, 0) is 5.92 Å². The van der Waals surface area contributed by atoms with Crippen LogP contribution in [0.5, 0.6) is 0 Å². The highest BCUT2D eigenvalue weighted by Crippen LogP contribution is 2.03. The zero-order valence-electron chi connectivity index (χ0n) is 8.74. The van der Waals surface area contributed by atoms with E-state index < -0.39 is 23.9 Å². The van der Waals surface area contributed by atoms with Gasteiger partial charge in [-0.15, -0.1) is 0 Å². The Morgan fingerprint density at radius 3 is 2.53 bits per heavy atom. The lowest BCUT2D eigenvalue weighted by molar-refractivity contribution is -0.129. The topological polar surface area (TPSA) is 101 Å². The van der Waals surface area contributed by atoms with Gasteiger partial charge in [0.1, 0.15) is 6.04 Å². The fraction of sp³-hybridized carbons (Fsp3) is 0.667. The van der Waals surface area contributed by atoms with Crippen molar-refractivity contribution in [3.05, 3.63) is 0 Å². The van der Waals surface area contributed by atoms with Crippen LogP contribution in [0.3, 0.4) is 0 Å². The molecule has 0 saturated carbocycles. The second kappa shape index (κ2) is 4.39. The zero-order chi connectivity index (χ0) is 11.6. The van der Waals surface area contributed by atoms with Crippen LogP contribution in [0.1, 0.15) is 20.3 Å². The molecule has 1 aliphatic heterocycles. The summed E-state index contributed by atoms with van der Waals surface area (Å²) in [5, 5.41) is 4.55.